The molecule has 0 aliphatic rings. The Morgan fingerprint density at radius 1 is 1.00 bits per heavy atom. The van der Waals surface area contributed by atoms with E-state index in [2.05, 4.69) is 5.32 Å². The Morgan fingerprint density at radius 2 is 1.60 bits per heavy atom. The van der Waals surface area contributed by atoms with E-state index in [1.54, 1.807) is 54.6 Å². The highest BCUT2D eigenvalue weighted by Crippen LogP contribution is 2.16. The van der Waals surface area contributed by atoms with Crippen LogP contribution in [0.5, 0.6) is 0 Å². The molecule has 0 heterocycles. The molecule has 0 aliphatic carbocycles. The van der Waals surface area contributed by atoms with E-state index in [9.17, 15) is 14.7 Å². The van der Waals surface area contributed by atoms with E-state index in [4.69, 9.17) is 5.73 Å². The van der Waals surface area contributed by atoms with Gasteiger partial charge in [0.1, 0.15) is 0 Å². The van der Waals surface area contributed by atoms with Gasteiger partial charge in [0.05, 0.1) is 5.56 Å². The molecule has 0 saturated heterocycles. The second-order valence-corrected chi connectivity index (χ2v) is 4.24. The quantitative estimate of drug-likeness (QED) is 0.739. The van der Waals surface area contributed by atoms with Crippen molar-refractivity contribution >= 4 is 17.6 Å². The number of anilines is 1. The summed E-state index contributed by atoms with van der Waals surface area (Å²) in [7, 11) is 0. The molecule has 1 amide bonds. The fraction of sp³-hybridized carbons (Fsp3) is 0.0667. The summed E-state index contributed by atoms with van der Waals surface area (Å²) in [5.41, 5.74) is 6.77. The van der Waals surface area contributed by atoms with E-state index >= 15 is 0 Å². The number of rotatable bonds is 4. The van der Waals surface area contributed by atoms with E-state index in [1.165, 1.54) is 0 Å². The third-order valence-corrected chi connectivity index (χ3v) is 2.86. The summed E-state index contributed by atoms with van der Waals surface area (Å²) in [6, 6.07) is 13.9. The minimum atomic E-state index is -1.13. The highest BCUT2D eigenvalue weighted by molar-refractivity contribution is 6.00. The number of nitrogen functional groups attached to an aromatic ring is 1. The van der Waals surface area contributed by atoms with Gasteiger partial charge in [-0.1, -0.05) is 42.5 Å². The number of carboxylic acid groups (broad SMARTS) is 1. The summed E-state index contributed by atoms with van der Waals surface area (Å²) in [6.45, 7) is 0. The van der Waals surface area contributed by atoms with Gasteiger partial charge in [-0.25, -0.2) is 4.79 Å². The highest BCUT2D eigenvalue weighted by atomic mass is 16.4. The van der Waals surface area contributed by atoms with Crippen LogP contribution in [0.25, 0.3) is 0 Å². The van der Waals surface area contributed by atoms with Crippen molar-refractivity contribution in [3.8, 4) is 0 Å². The summed E-state index contributed by atoms with van der Waals surface area (Å²) in [5.74, 6) is -1.64. The van der Waals surface area contributed by atoms with Crippen molar-refractivity contribution < 1.29 is 14.7 Å². The second kappa shape index (κ2) is 5.88. The van der Waals surface area contributed by atoms with Crippen LogP contribution in [0.4, 0.5) is 5.69 Å². The Hall–Kier alpha value is -2.82. The standard InChI is InChI=1S/C15H14N2O3/c16-12-9-5-4-8-11(12)14(18)17-13(15(19)20)10-6-2-1-3-7-10/h1-9,13H,16H2,(H,17,18)(H,19,20)/t13-/m0/s1. The lowest BCUT2D eigenvalue weighted by Gasteiger charge is -2.15. The lowest BCUT2D eigenvalue weighted by Crippen LogP contribution is -2.34. The maximum atomic E-state index is 12.1. The van der Waals surface area contributed by atoms with E-state index in [0.29, 0.717) is 11.3 Å². The molecule has 102 valence electrons. The van der Waals surface area contributed by atoms with Gasteiger partial charge in [-0.05, 0) is 17.7 Å². The van der Waals surface area contributed by atoms with Crippen molar-refractivity contribution in [2.24, 2.45) is 0 Å². The van der Waals surface area contributed by atoms with Crippen LogP contribution in [0, 0.1) is 0 Å². The third kappa shape index (κ3) is 2.95. The van der Waals surface area contributed by atoms with Gasteiger partial charge in [0.25, 0.3) is 5.91 Å². The molecule has 0 radical (unpaired) electrons. The lowest BCUT2D eigenvalue weighted by molar-refractivity contribution is -0.139. The first-order chi connectivity index (χ1) is 9.59. The van der Waals surface area contributed by atoms with Crippen LogP contribution in [-0.2, 0) is 4.79 Å². The summed E-state index contributed by atoms with van der Waals surface area (Å²) < 4.78 is 0. The number of hydrogen-bond acceptors (Lipinski definition) is 3. The molecule has 20 heavy (non-hydrogen) atoms. The Kier molecular flexibility index (Phi) is 4.00. The summed E-state index contributed by atoms with van der Waals surface area (Å²) >= 11 is 0. The SMILES string of the molecule is Nc1ccccc1C(=O)N[C@H](C(=O)O)c1ccccc1. The number of carbonyl (C=O) groups excluding carboxylic acids is 1. The molecule has 0 saturated carbocycles. The van der Waals surface area contributed by atoms with Gasteiger partial charge >= 0.3 is 5.97 Å². The lowest BCUT2D eigenvalue weighted by atomic mass is 10.1. The molecule has 5 nitrogen and oxygen atoms in total. The van der Waals surface area contributed by atoms with Crippen LogP contribution in [0.2, 0.25) is 0 Å². The molecule has 0 aliphatic heterocycles. The molecule has 0 fully saturated rings. The topological polar surface area (TPSA) is 92.4 Å². The van der Waals surface area contributed by atoms with E-state index in [0.717, 1.165) is 0 Å². The molecule has 0 bridgehead atoms. The van der Waals surface area contributed by atoms with Crippen molar-refractivity contribution in [1.82, 2.24) is 5.32 Å². The number of nitrogens with two attached hydrogens (primary N) is 1. The average molecular weight is 270 g/mol. The van der Waals surface area contributed by atoms with Gasteiger partial charge in [0, 0.05) is 5.69 Å². The van der Waals surface area contributed by atoms with Crippen molar-refractivity contribution in [3.05, 3.63) is 65.7 Å². The maximum Gasteiger partial charge on any atom is 0.330 e. The molecule has 1 atom stereocenters. The maximum absolute atomic E-state index is 12.1. The number of carbonyl (C=O) groups is 2. The molecular formula is C15H14N2O3. The van der Waals surface area contributed by atoms with Crippen molar-refractivity contribution in [3.63, 3.8) is 0 Å². The summed E-state index contributed by atoms with van der Waals surface area (Å²) in [4.78, 5) is 23.4. The van der Waals surface area contributed by atoms with Crippen LogP contribution >= 0.6 is 0 Å². The van der Waals surface area contributed by atoms with Crippen LogP contribution in [0.3, 0.4) is 0 Å². The number of amides is 1. The highest BCUT2D eigenvalue weighted by Gasteiger charge is 2.23. The molecule has 0 aromatic heterocycles. The normalized spacial score (nSPS) is 11.6. The number of carboxylic acids is 1. The summed E-state index contributed by atoms with van der Waals surface area (Å²) in [5, 5.41) is 11.7. The van der Waals surface area contributed by atoms with Gasteiger partial charge in [-0.2, -0.15) is 0 Å². The van der Waals surface area contributed by atoms with Gasteiger partial charge in [0.15, 0.2) is 6.04 Å². The first-order valence-corrected chi connectivity index (χ1v) is 6.02. The van der Waals surface area contributed by atoms with Crippen LogP contribution in [0.1, 0.15) is 22.0 Å². The Labute approximate surface area is 116 Å². The van der Waals surface area contributed by atoms with E-state index in [-0.39, 0.29) is 5.56 Å². The minimum Gasteiger partial charge on any atom is -0.479 e. The molecule has 2 rings (SSSR count). The molecule has 4 N–H and O–H groups in total. The number of nitrogens with one attached hydrogen (secondary N) is 1. The van der Waals surface area contributed by atoms with Crippen LogP contribution < -0.4 is 11.1 Å². The van der Waals surface area contributed by atoms with Gasteiger partial charge in [-0.3, -0.25) is 4.79 Å². The zero-order valence-corrected chi connectivity index (χ0v) is 10.6. The first-order valence-electron chi connectivity index (χ1n) is 6.02. The molecule has 5 heteroatoms. The summed E-state index contributed by atoms with van der Waals surface area (Å²) in [6.07, 6.45) is 0. The van der Waals surface area contributed by atoms with Gasteiger partial charge in [0.2, 0.25) is 0 Å². The van der Waals surface area contributed by atoms with E-state index < -0.39 is 17.9 Å². The van der Waals surface area contributed by atoms with Gasteiger partial charge < -0.3 is 16.2 Å². The Balaban J connectivity index is 2.24. The van der Waals surface area contributed by atoms with Crippen LogP contribution in [-0.4, -0.2) is 17.0 Å². The number of aliphatic carboxylic acids is 1. The minimum absolute atomic E-state index is 0.259. The fourth-order valence-electron chi connectivity index (χ4n) is 1.85. The zero-order chi connectivity index (χ0) is 14.5. The largest absolute Gasteiger partial charge is 0.479 e. The number of benzene rings is 2. The molecular weight excluding hydrogens is 256 g/mol. The zero-order valence-electron chi connectivity index (χ0n) is 10.6. The first kappa shape index (κ1) is 13.6. The number of para-hydroxylation sites is 1. The van der Waals surface area contributed by atoms with Gasteiger partial charge in [-0.15, -0.1) is 0 Å². The van der Waals surface area contributed by atoms with Crippen LogP contribution in [0.15, 0.2) is 54.6 Å². The average Bonchev–Trinajstić information content (AvgIpc) is 2.45. The van der Waals surface area contributed by atoms with Crippen molar-refractivity contribution in [1.29, 1.82) is 0 Å². The molecule has 0 spiro atoms. The van der Waals surface area contributed by atoms with Crippen molar-refractivity contribution in [2.75, 3.05) is 5.73 Å². The molecule has 0 unspecified atom stereocenters. The monoisotopic (exact) mass is 270 g/mol. The Bertz CT molecular complexity index is 626. The number of hydrogen-bond donors (Lipinski definition) is 3. The van der Waals surface area contributed by atoms with Crippen molar-refractivity contribution in [2.45, 2.75) is 6.04 Å². The molecule has 2 aromatic rings. The van der Waals surface area contributed by atoms with E-state index in [1.807, 2.05) is 0 Å². The predicted octanol–water partition coefficient (Wildman–Crippen LogP) is 1.82. The third-order valence-electron chi connectivity index (χ3n) is 2.86. The Morgan fingerprint density at radius 3 is 2.20 bits per heavy atom. The predicted molar refractivity (Wildman–Crippen MR) is 75.1 cm³/mol. The fourth-order valence-corrected chi connectivity index (χ4v) is 1.85. The second-order valence-electron chi connectivity index (χ2n) is 4.24. The smallest absolute Gasteiger partial charge is 0.330 e. The molecule has 2 aromatic carbocycles.